The molecule has 1 N–H and O–H groups in total. The number of aromatic nitrogens is 1. The van der Waals surface area contributed by atoms with Crippen LogP contribution in [0.25, 0.3) is 10.2 Å². The number of nitrogens with zero attached hydrogens (tertiary/aromatic N) is 1. The summed E-state index contributed by atoms with van der Waals surface area (Å²) in [6, 6.07) is 3.56. The molecule has 1 aliphatic heterocycles. The lowest BCUT2D eigenvalue weighted by atomic mass is 10.2. The van der Waals surface area contributed by atoms with Crippen molar-refractivity contribution < 1.29 is 13.2 Å². The smallest absolute Gasteiger partial charge is 0.268 e. The lowest BCUT2D eigenvalue weighted by Gasteiger charge is -2.11. The number of hydrogen-bond donors (Lipinski definition) is 1. The van der Waals surface area contributed by atoms with Gasteiger partial charge in [-0.15, -0.1) is 11.3 Å². The van der Waals surface area contributed by atoms with Crippen LogP contribution in [-0.4, -0.2) is 36.4 Å². The van der Waals surface area contributed by atoms with Gasteiger partial charge < -0.3 is 9.88 Å². The third kappa shape index (κ3) is 2.28. The highest BCUT2D eigenvalue weighted by atomic mass is 32.2. The molecule has 0 spiro atoms. The molecule has 7 heteroatoms. The fourth-order valence-corrected chi connectivity index (χ4v) is 4.96. The van der Waals surface area contributed by atoms with Crippen molar-refractivity contribution in [2.45, 2.75) is 12.5 Å². The number of rotatable bonds is 2. The molecule has 0 radical (unpaired) electrons. The van der Waals surface area contributed by atoms with E-state index in [4.69, 9.17) is 0 Å². The Kier molecular flexibility index (Phi) is 2.90. The van der Waals surface area contributed by atoms with Gasteiger partial charge in [-0.1, -0.05) is 0 Å². The molecule has 1 saturated heterocycles. The second-order valence-electron chi connectivity index (χ2n) is 4.83. The molecular formula is C12H14N2O3S2. The van der Waals surface area contributed by atoms with Crippen LogP contribution in [0, 0.1) is 0 Å². The number of hydrogen-bond acceptors (Lipinski definition) is 4. The minimum absolute atomic E-state index is 0.0531. The second-order valence-corrected chi connectivity index (χ2v) is 8.01. The van der Waals surface area contributed by atoms with Crippen LogP contribution in [0.5, 0.6) is 0 Å². The molecule has 1 aliphatic rings. The van der Waals surface area contributed by atoms with E-state index in [0.717, 1.165) is 10.2 Å². The lowest BCUT2D eigenvalue weighted by molar-refractivity contribution is 0.0933. The Bertz CT molecular complexity index is 742. The first kappa shape index (κ1) is 12.7. The van der Waals surface area contributed by atoms with E-state index in [9.17, 15) is 13.2 Å². The molecule has 1 atom stereocenters. The highest BCUT2D eigenvalue weighted by Crippen LogP contribution is 2.24. The highest BCUT2D eigenvalue weighted by molar-refractivity contribution is 7.91. The maximum Gasteiger partial charge on any atom is 0.268 e. The number of aryl methyl sites for hydroxylation is 1. The summed E-state index contributed by atoms with van der Waals surface area (Å²) in [7, 11) is -1.12. The fraction of sp³-hybridized carbons (Fsp3) is 0.417. The van der Waals surface area contributed by atoms with Crippen LogP contribution < -0.4 is 5.32 Å². The predicted molar refractivity (Wildman–Crippen MR) is 75.3 cm³/mol. The Morgan fingerprint density at radius 2 is 2.32 bits per heavy atom. The Hall–Kier alpha value is -1.34. The minimum atomic E-state index is -2.97. The molecule has 2 aromatic rings. The Morgan fingerprint density at radius 3 is 2.95 bits per heavy atom. The van der Waals surface area contributed by atoms with Crippen LogP contribution in [0.4, 0.5) is 0 Å². The van der Waals surface area contributed by atoms with Crippen LogP contribution in [0.15, 0.2) is 17.5 Å². The highest BCUT2D eigenvalue weighted by Gasteiger charge is 2.29. The fourth-order valence-electron chi connectivity index (χ4n) is 2.44. The molecule has 19 heavy (non-hydrogen) atoms. The predicted octanol–water partition coefficient (Wildman–Crippen LogP) is 1.16. The molecule has 0 saturated carbocycles. The van der Waals surface area contributed by atoms with Crippen LogP contribution in [0.1, 0.15) is 16.9 Å². The maximum atomic E-state index is 12.2. The monoisotopic (exact) mass is 298 g/mol. The number of thiophene rings is 1. The van der Waals surface area contributed by atoms with E-state index in [1.165, 1.54) is 0 Å². The lowest BCUT2D eigenvalue weighted by Crippen LogP contribution is -2.36. The number of carbonyl (C=O) groups excluding carboxylic acids is 1. The average molecular weight is 298 g/mol. The van der Waals surface area contributed by atoms with Gasteiger partial charge in [0.2, 0.25) is 0 Å². The molecule has 102 valence electrons. The third-order valence-corrected chi connectivity index (χ3v) is 6.09. The Morgan fingerprint density at radius 1 is 1.53 bits per heavy atom. The van der Waals surface area contributed by atoms with E-state index in [-0.39, 0.29) is 23.5 Å². The van der Waals surface area contributed by atoms with Gasteiger partial charge in [0.05, 0.1) is 21.7 Å². The first-order chi connectivity index (χ1) is 8.96. The van der Waals surface area contributed by atoms with E-state index in [1.54, 1.807) is 11.3 Å². The number of nitrogens with one attached hydrogen (secondary N) is 1. The van der Waals surface area contributed by atoms with Crippen molar-refractivity contribution in [1.29, 1.82) is 0 Å². The summed E-state index contributed by atoms with van der Waals surface area (Å²) in [5.41, 5.74) is 1.60. The zero-order valence-corrected chi connectivity index (χ0v) is 12.1. The zero-order valence-electron chi connectivity index (χ0n) is 10.4. The summed E-state index contributed by atoms with van der Waals surface area (Å²) in [6.45, 7) is 0. The number of sulfone groups is 1. The van der Waals surface area contributed by atoms with E-state index in [1.807, 2.05) is 29.1 Å². The molecule has 1 amide bonds. The number of fused-ring (bicyclic) bond motifs is 1. The van der Waals surface area contributed by atoms with Gasteiger partial charge in [-0.3, -0.25) is 4.79 Å². The van der Waals surface area contributed by atoms with E-state index in [2.05, 4.69) is 5.32 Å². The van der Waals surface area contributed by atoms with Gasteiger partial charge >= 0.3 is 0 Å². The van der Waals surface area contributed by atoms with Gasteiger partial charge in [0.15, 0.2) is 9.84 Å². The van der Waals surface area contributed by atoms with Gasteiger partial charge in [-0.25, -0.2) is 8.42 Å². The normalized spacial score (nSPS) is 21.8. The first-order valence-corrected chi connectivity index (χ1v) is 8.70. The summed E-state index contributed by atoms with van der Waals surface area (Å²) in [6.07, 6.45) is 0.507. The van der Waals surface area contributed by atoms with Crippen LogP contribution >= 0.6 is 11.3 Å². The summed E-state index contributed by atoms with van der Waals surface area (Å²) < 4.78 is 25.6. The van der Waals surface area contributed by atoms with Gasteiger partial charge in [-0.2, -0.15) is 0 Å². The third-order valence-electron chi connectivity index (χ3n) is 3.46. The van der Waals surface area contributed by atoms with Crippen molar-refractivity contribution in [1.82, 2.24) is 9.88 Å². The van der Waals surface area contributed by atoms with Crippen molar-refractivity contribution >= 4 is 37.3 Å². The quantitative estimate of drug-likeness (QED) is 0.904. The SMILES string of the molecule is Cn1c(C(=O)NC2CCS(=O)(=O)C2)cc2sccc21. The Balaban J connectivity index is 1.81. The Labute approximate surface area is 115 Å². The molecule has 1 fully saturated rings. The van der Waals surface area contributed by atoms with E-state index >= 15 is 0 Å². The molecule has 0 bridgehead atoms. The molecule has 5 nitrogen and oxygen atoms in total. The largest absolute Gasteiger partial charge is 0.347 e. The molecule has 3 rings (SSSR count). The second kappa shape index (κ2) is 4.35. The van der Waals surface area contributed by atoms with Gasteiger partial charge in [0.25, 0.3) is 5.91 Å². The summed E-state index contributed by atoms with van der Waals surface area (Å²) in [5, 5.41) is 4.79. The zero-order chi connectivity index (χ0) is 13.6. The molecule has 3 heterocycles. The summed E-state index contributed by atoms with van der Waals surface area (Å²) >= 11 is 1.59. The minimum Gasteiger partial charge on any atom is -0.347 e. The number of amides is 1. The number of carbonyl (C=O) groups is 1. The molecule has 0 aliphatic carbocycles. The van der Waals surface area contributed by atoms with Gasteiger partial charge in [0, 0.05) is 13.1 Å². The summed E-state index contributed by atoms with van der Waals surface area (Å²) in [4.78, 5) is 12.2. The molecule has 1 unspecified atom stereocenters. The molecule has 2 aromatic heterocycles. The first-order valence-electron chi connectivity index (χ1n) is 6.00. The van der Waals surface area contributed by atoms with Crippen LogP contribution in [-0.2, 0) is 16.9 Å². The van der Waals surface area contributed by atoms with Crippen LogP contribution in [0.3, 0.4) is 0 Å². The maximum absolute atomic E-state index is 12.2. The molecular weight excluding hydrogens is 284 g/mol. The van der Waals surface area contributed by atoms with Crippen molar-refractivity contribution in [3.8, 4) is 0 Å². The van der Waals surface area contributed by atoms with Crippen molar-refractivity contribution in [2.75, 3.05) is 11.5 Å². The van der Waals surface area contributed by atoms with Gasteiger partial charge in [-0.05, 0) is 23.9 Å². The van der Waals surface area contributed by atoms with E-state index < -0.39 is 9.84 Å². The van der Waals surface area contributed by atoms with Crippen molar-refractivity contribution in [3.63, 3.8) is 0 Å². The van der Waals surface area contributed by atoms with E-state index in [0.29, 0.717) is 12.1 Å². The molecule has 0 aromatic carbocycles. The van der Waals surface area contributed by atoms with Crippen LogP contribution in [0.2, 0.25) is 0 Å². The summed E-state index contributed by atoms with van der Waals surface area (Å²) in [5.74, 6) is 0.0190. The topological polar surface area (TPSA) is 68.2 Å². The van der Waals surface area contributed by atoms with Crippen molar-refractivity contribution in [2.24, 2.45) is 7.05 Å². The average Bonchev–Trinajstić information content (AvgIpc) is 2.97. The van der Waals surface area contributed by atoms with Gasteiger partial charge in [0.1, 0.15) is 5.69 Å². The standard InChI is InChI=1S/C12H14N2O3S2/c1-14-9-2-4-18-11(9)6-10(14)12(15)13-8-3-5-19(16,17)7-8/h2,4,6,8H,3,5,7H2,1H3,(H,13,15). The van der Waals surface area contributed by atoms with Crippen molar-refractivity contribution in [3.05, 3.63) is 23.2 Å².